The minimum absolute atomic E-state index is 0.206. The van der Waals surface area contributed by atoms with E-state index in [0.29, 0.717) is 6.42 Å². The van der Waals surface area contributed by atoms with Crippen molar-refractivity contribution in [2.75, 3.05) is 0 Å². The Hall–Kier alpha value is -1.42. The van der Waals surface area contributed by atoms with Gasteiger partial charge in [-0.25, -0.2) is 0 Å². The Morgan fingerprint density at radius 3 is 1.63 bits per heavy atom. The molecule has 0 aliphatic rings. The number of carboxylic acid groups (broad SMARTS) is 1. The minimum Gasteiger partial charge on any atom is -0.480 e. The van der Waals surface area contributed by atoms with Crippen LogP contribution in [0.4, 0.5) is 0 Å². The van der Waals surface area contributed by atoms with E-state index in [4.69, 9.17) is 10.8 Å². The van der Waals surface area contributed by atoms with Crippen LogP contribution < -0.4 is 5.73 Å². The van der Waals surface area contributed by atoms with Crippen molar-refractivity contribution in [3.05, 3.63) is 24.3 Å². The largest absolute Gasteiger partial charge is 0.480 e. The number of Topliss-reactive ketones (excluding diaryl/α,β-unsaturated/α-hetero) is 1. The molecule has 0 bridgehead atoms. The molecule has 0 aromatic rings. The monoisotopic (exact) mass is 269 g/mol. The molecule has 4 heteroatoms. The number of ketones is 1. The Morgan fingerprint density at radius 1 is 1.11 bits per heavy atom. The van der Waals surface area contributed by atoms with Gasteiger partial charge in [0.1, 0.15) is 11.8 Å². The molecule has 0 fully saturated rings. The van der Waals surface area contributed by atoms with Crippen LogP contribution in [-0.2, 0) is 9.59 Å². The second kappa shape index (κ2) is 10.5. The Kier molecular flexibility index (Phi) is 11.0. The molecule has 0 aliphatic heterocycles. The van der Waals surface area contributed by atoms with Gasteiger partial charge in [0, 0.05) is 5.92 Å². The quantitative estimate of drug-likeness (QED) is 0.696. The molecule has 0 radical (unpaired) electrons. The zero-order chi connectivity index (χ0) is 15.6. The van der Waals surface area contributed by atoms with Crippen LogP contribution >= 0.6 is 0 Å². The highest BCUT2D eigenvalue weighted by atomic mass is 16.4. The standard InChI is InChI=1S/C9H16O.C6H11NO2/c1-5-9(8(4)10)6-7(2)3;1-4(2)3-5(7)6(8)9/h9H,2,5-6H2,1,3-4H3;5H,1,3,7H2,2H3,(H,8,9)/t9-;5-/m00/s1. The SMILES string of the molecule is C=C(C)C[C@H](CC)C(C)=O.C=C(C)C[C@H](N)C(=O)O. The third-order valence-electron chi connectivity index (χ3n) is 2.55. The van der Waals surface area contributed by atoms with Crippen molar-refractivity contribution in [2.45, 2.75) is 53.0 Å². The van der Waals surface area contributed by atoms with Gasteiger partial charge in [-0.2, -0.15) is 0 Å². The molecule has 0 aliphatic carbocycles. The topological polar surface area (TPSA) is 80.4 Å². The number of hydrogen-bond donors (Lipinski definition) is 2. The van der Waals surface area contributed by atoms with Gasteiger partial charge in [-0.1, -0.05) is 18.1 Å². The fraction of sp³-hybridized carbons (Fsp3) is 0.600. The van der Waals surface area contributed by atoms with Crippen LogP contribution in [0.25, 0.3) is 0 Å². The summed E-state index contributed by atoms with van der Waals surface area (Å²) in [5.74, 6) is -0.485. The average Bonchev–Trinajstić information content (AvgIpc) is 2.25. The molecule has 0 spiro atoms. The smallest absolute Gasteiger partial charge is 0.320 e. The highest BCUT2D eigenvalue weighted by Gasteiger charge is 2.10. The third-order valence-corrected chi connectivity index (χ3v) is 2.55. The van der Waals surface area contributed by atoms with E-state index in [1.165, 1.54) is 0 Å². The van der Waals surface area contributed by atoms with Gasteiger partial charge in [0.15, 0.2) is 0 Å². The second-order valence-electron chi connectivity index (χ2n) is 4.98. The maximum atomic E-state index is 10.9. The normalized spacial score (nSPS) is 12.7. The summed E-state index contributed by atoms with van der Waals surface area (Å²) in [7, 11) is 0. The Balaban J connectivity index is 0. The average molecular weight is 269 g/mol. The molecule has 0 saturated carbocycles. The lowest BCUT2D eigenvalue weighted by Gasteiger charge is -2.09. The van der Waals surface area contributed by atoms with Gasteiger partial charge in [-0.05, 0) is 40.0 Å². The summed E-state index contributed by atoms with van der Waals surface area (Å²) in [6.07, 6.45) is 2.14. The Labute approximate surface area is 116 Å². The molecular formula is C15H27NO3. The molecule has 0 aromatic carbocycles. The molecule has 0 heterocycles. The lowest BCUT2D eigenvalue weighted by atomic mass is 9.95. The van der Waals surface area contributed by atoms with E-state index >= 15 is 0 Å². The van der Waals surface area contributed by atoms with Crippen LogP contribution in [-0.4, -0.2) is 22.9 Å². The third kappa shape index (κ3) is 12.8. The van der Waals surface area contributed by atoms with Gasteiger partial charge in [0.05, 0.1) is 0 Å². The van der Waals surface area contributed by atoms with Gasteiger partial charge < -0.3 is 10.8 Å². The van der Waals surface area contributed by atoms with E-state index < -0.39 is 12.0 Å². The summed E-state index contributed by atoms with van der Waals surface area (Å²) in [6, 6.07) is -0.789. The van der Waals surface area contributed by atoms with Gasteiger partial charge in [-0.3, -0.25) is 9.59 Å². The van der Waals surface area contributed by atoms with Gasteiger partial charge in [0.2, 0.25) is 0 Å². The molecule has 0 rings (SSSR count). The molecule has 0 saturated heterocycles. The van der Waals surface area contributed by atoms with Crippen LogP contribution in [0.2, 0.25) is 0 Å². The van der Waals surface area contributed by atoms with E-state index in [1.54, 1.807) is 13.8 Å². The minimum atomic E-state index is -0.974. The molecule has 4 nitrogen and oxygen atoms in total. The molecule has 0 amide bonds. The van der Waals surface area contributed by atoms with Crippen LogP contribution in [0.3, 0.4) is 0 Å². The molecule has 2 atom stereocenters. The van der Waals surface area contributed by atoms with Gasteiger partial charge in [0.25, 0.3) is 0 Å². The first-order chi connectivity index (χ1) is 8.61. The zero-order valence-corrected chi connectivity index (χ0v) is 12.5. The van der Waals surface area contributed by atoms with E-state index in [9.17, 15) is 9.59 Å². The molecule has 110 valence electrons. The lowest BCUT2D eigenvalue weighted by molar-refractivity contribution is -0.138. The van der Waals surface area contributed by atoms with Crippen molar-refractivity contribution in [3.63, 3.8) is 0 Å². The fourth-order valence-electron chi connectivity index (χ4n) is 1.46. The molecular weight excluding hydrogens is 242 g/mol. The first-order valence-corrected chi connectivity index (χ1v) is 6.39. The number of hydrogen-bond acceptors (Lipinski definition) is 3. The Morgan fingerprint density at radius 2 is 1.53 bits per heavy atom. The number of carbonyl (C=O) groups excluding carboxylic acids is 1. The van der Waals surface area contributed by atoms with E-state index in [1.807, 2.05) is 13.8 Å². The highest BCUT2D eigenvalue weighted by molar-refractivity contribution is 5.78. The number of allylic oxidation sites excluding steroid dienone is 1. The van der Waals surface area contributed by atoms with Crippen molar-refractivity contribution >= 4 is 11.8 Å². The number of nitrogens with two attached hydrogens (primary N) is 1. The summed E-state index contributed by atoms with van der Waals surface area (Å²) < 4.78 is 0. The van der Waals surface area contributed by atoms with Crippen LogP contribution in [0.5, 0.6) is 0 Å². The van der Waals surface area contributed by atoms with Gasteiger partial charge >= 0.3 is 5.97 Å². The van der Waals surface area contributed by atoms with Crippen molar-refractivity contribution in [1.29, 1.82) is 0 Å². The van der Waals surface area contributed by atoms with E-state index in [2.05, 4.69) is 13.2 Å². The molecule has 0 aromatic heterocycles. The first-order valence-electron chi connectivity index (χ1n) is 6.39. The van der Waals surface area contributed by atoms with Crippen molar-refractivity contribution in [3.8, 4) is 0 Å². The molecule has 19 heavy (non-hydrogen) atoms. The Bertz CT molecular complexity index is 334. The number of aliphatic carboxylic acids is 1. The summed E-state index contributed by atoms with van der Waals surface area (Å²) in [4.78, 5) is 20.9. The number of carbonyl (C=O) groups is 2. The summed E-state index contributed by atoms with van der Waals surface area (Å²) in [5.41, 5.74) is 7.05. The van der Waals surface area contributed by atoms with Crippen molar-refractivity contribution < 1.29 is 14.7 Å². The zero-order valence-electron chi connectivity index (χ0n) is 12.5. The number of rotatable bonds is 7. The molecule has 3 N–H and O–H groups in total. The second-order valence-corrected chi connectivity index (χ2v) is 4.98. The van der Waals surface area contributed by atoms with Gasteiger partial charge in [-0.15, -0.1) is 13.2 Å². The summed E-state index contributed by atoms with van der Waals surface area (Å²) in [5, 5.41) is 8.26. The van der Waals surface area contributed by atoms with E-state index in [0.717, 1.165) is 24.0 Å². The predicted octanol–water partition coefficient (Wildman–Crippen LogP) is 2.93. The summed E-state index contributed by atoms with van der Waals surface area (Å²) >= 11 is 0. The highest BCUT2D eigenvalue weighted by Crippen LogP contribution is 2.13. The van der Waals surface area contributed by atoms with E-state index in [-0.39, 0.29) is 11.7 Å². The predicted molar refractivity (Wildman–Crippen MR) is 78.9 cm³/mol. The lowest BCUT2D eigenvalue weighted by Crippen LogP contribution is -2.29. The number of carboxylic acids is 1. The first kappa shape index (κ1) is 19.9. The van der Waals surface area contributed by atoms with Crippen molar-refractivity contribution in [1.82, 2.24) is 0 Å². The maximum Gasteiger partial charge on any atom is 0.320 e. The fourth-order valence-corrected chi connectivity index (χ4v) is 1.46. The summed E-state index contributed by atoms with van der Waals surface area (Å²) in [6.45, 7) is 14.7. The van der Waals surface area contributed by atoms with Crippen molar-refractivity contribution in [2.24, 2.45) is 11.7 Å². The van der Waals surface area contributed by atoms with Crippen LogP contribution in [0.15, 0.2) is 24.3 Å². The maximum absolute atomic E-state index is 10.9. The van der Waals surface area contributed by atoms with Crippen LogP contribution in [0, 0.1) is 5.92 Å². The van der Waals surface area contributed by atoms with Crippen LogP contribution in [0.1, 0.15) is 47.0 Å². The molecule has 0 unspecified atom stereocenters.